The van der Waals surface area contributed by atoms with Crippen LogP contribution >= 0.6 is 15.9 Å². The van der Waals surface area contributed by atoms with E-state index in [9.17, 15) is 9.18 Å². The van der Waals surface area contributed by atoms with Crippen LogP contribution in [0.2, 0.25) is 0 Å². The van der Waals surface area contributed by atoms with E-state index in [0.717, 1.165) is 55.1 Å². The van der Waals surface area contributed by atoms with Crippen molar-refractivity contribution in [3.63, 3.8) is 0 Å². The van der Waals surface area contributed by atoms with Gasteiger partial charge >= 0.3 is 0 Å². The first-order valence-electron chi connectivity index (χ1n) is 9.17. The van der Waals surface area contributed by atoms with Gasteiger partial charge in [0, 0.05) is 38.4 Å². The Labute approximate surface area is 168 Å². The molecule has 2 aromatic carbocycles. The van der Waals surface area contributed by atoms with Crippen LogP contribution in [-0.4, -0.2) is 48.4 Å². The number of hydrogen-bond donors (Lipinski definition) is 1. The number of halogens is 2. The third-order valence-electron chi connectivity index (χ3n) is 4.97. The fourth-order valence-electron chi connectivity index (χ4n) is 3.40. The third-order valence-corrected chi connectivity index (χ3v) is 5.58. The number of aryl methyl sites for hydroxylation is 2. The van der Waals surface area contributed by atoms with Crippen LogP contribution in [0.25, 0.3) is 0 Å². The lowest BCUT2D eigenvalue weighted by molar-refractivity contribution is -0.117. The summed E-state index contributed by atoms with van der Waals surface area (Å²) in [5.74, 6) is -0.207. The quantitative estimate of drug-likeness (QED) is 0.774. The van der Waals surface area contributed by atoms with Gasteiger partial charge in [0.1, 0.15) is 5.82 Å². The highest BCUT2D eigenvalue weighted by molar-refractivity contribution is 9.10. The lowest BCUT2D eigenvalue weighted by Gasteiger charge is -2.34. The number of para-hydroxylation sites is 1. The van der Waals surface area contributed by atoms with Gasteiger partial charge in [-0.05, 0) is 58.6 Å². The molecule has 3 rings (SSSR count). The largest absolute Gasteiger partial charge is 0.324 e. The maximum atomic E-state index is 13.4. The summed E-state index contributed by atoms with van der Waals surface area (Å²) >= 11 is 3.24. The Kier molecular flexibility index (Phi) is 6.63. The fraction of sp³-hybridized carbons (Fsp3) is 0.381. The summed E-state index contributed by atoms with van der Waals surface area (Å²) in [5.41, 5.74) is 4.17. The molecule has 0 radical (unpaired) electrons. The number of nitrogens with one attached hydrogen (secondary N) is 1. The number of nitrogens with zero attached hydrogens (tertiary/aromatic N) is 2. The number of carbonyl (C=O) groups is 1. The summed E-state index contributed by atoms with van der Waals surface area (Å²) in [7, 11) is 0. The van der Waals surface area contributed by atoms with E-state index in [-0.39, 0.29) is 11.7 Å². The van der Waals surface area contributed by atoms with Gasteiger partial charge in [0.05, 0.1) is 11.0 Å². The second-order valence-electron chi connectivity index (χ2n) is 7.12. The number of carbonyl (C=O) groups excluding carboxylic acids is 1. The van der Waals surface area contributed by atoms with E-state index >= 15 is 0 Å². The van der Waals surface area contributed by atoms with Crippen LogP contribution < -0.4 is 5.32 Å². The minimum Gasteiger partial charge on any atom is -0.324 e. The van der Waals surface area contributed by atoms with Gasteiger partial charge in [0.25, 0.3) is 0 Å². The van der Waals surface area contributed by atoms with Crippen LogP contribution in [0.4, 0.5) is 10.1 Å². The average Bonchev–Trinajstić information content (AvgIpc) is 2.63. The van der Waals surface area contributed by atoms with Crippen LogP contribution in [0.5, 0.6) is 0 Å². The molecule has 0 bridgehead atoms. The number of rotatable bonds is 5. The van der Waals surface area contributed by atoms with Gasteiger partial charge in [-0.1, -0.05) is 24.3 Å². The van der Waals surface area contributed by atoms with E-state index in [1.807, 2.05) is 44.2 Å². The second kappa shape index (κ2) is 8.95. The highest BCUT2D eigenvalue weighted by Gasteiger charge is 2.19. The van der Waals surface area contributed by atoms with Crippen LogP contribution in [-0.2, 0) is 11.3 Å². The van der Waals surface area contributed by atoms with E-state index in [4.69, 9.17) is 0 Å². The standard InChI is InChI=1S/C21H25BrFN3O/c1-15-4-3-5-16(2)21(15)24-20(27)14-26-10-8-25(9-11-26)13-17-6-7-19(23)18(22)12-17/h3-7,12H,8-11,13-14H2,1-2H3,(H,24,27). The summed E-state index contributed by atoms with van der Waals surface area (Å²) in [6, 6.07) is 11.2. The predicted octanol–water partition coefficient (Wildman–Crippen LogP) is 3.96. The lowest BCUT2D eigenvalue weighted by Crippen LogP contribution is -2.48. The third kappa shape index (κ3) is 5.37. The average molecular weight is 434 g/mol. The zero-order chi connectivity index (χ0) is 19.4. The molecule has 6 heteroatoms. The van der Waals surface area contributed by atoms with Gasteiger partial charge < -0.3 is 5.32 Å². The molecule has 0 spiro atoms. The molecule has 0 saturated carbocycles. The lowest BCUT2D eigenvalue weighted by atomic mass is 10.1. The molecule has 27 heavy (non-hydrogen) atoms. The maximum absolute atomic E-state index is 13.4. The zero-order valence-electron chi connectivity index (χ0n) is 15.8. The van der Waals surface area contributed by atoms with E-state index in [1.54, 1.807) is 0 Å². The van der Waals surface area contributed by atoms with Crippen molar-refractivity contribution in [2.24, 2.45) is 0 Å². The van der Waals surface area contributed by atoms with Gasteiger partial charge in [-0.15, -0.1) is 0 Å². The molecular weight excluding hydrogens is 409 g/mol. The van der Waals surface area contributed by atoms with Crippen LogP contribution in [0, 0.1) is 19.7 Å². The molecule has 0 atom stereocenters. The second-order valence-corrected chi connectivity index (χ2v) is 7.97. The Hall–Kier alpha value is -1.76. The Bertz CT molecular complexity index is 799. The molecular formula is C21H25BrFN3O. The SMILES string of the molecule is Cc1cccc(C)c1NC(=O)CN1CCN(Cc2ccc(F)c(Br)c2)CC1. The summed E-state index contributed by atoms with van der Waals surface area (Å²) < 4.78 is 13.9. The topological polar surface area (TPSA) is 35.6 Å². The molecule has 1 saturated heterocycles. The fourth-order valence-corrected chi connectivity index (χ4v) is 3.82. The Morgan fingerprint density at radius 2 is 1.70 bits per heavy atom. The van der Waals surface area contributed by atoms with Crippen LogP contribution in [0.15, 0.2) is 40.9 Å². The first kappa shape index (κ1) is 20.0. The molecule has 1 aliphatic rings. The highest BCUT2D eigenvalue weighted by atomic mass is 79.9. The van der Waals surface area contributed by atoms with Crippen molar-refractivity contribution in [3.8, 4) is 0 Å². The molecule has 0 unspecified atom stereocenters. The molecule has 1 heterocycles. The van der Waals surface area contributed by atoms with Crippen LogP contribution in [0.1, 0.15) is 16.7 Å². The van der Waals surface area contributed by atoms with Gasteiger partial charge in [0.2, 0.25) is 5.91 Å². The van der Waals surface area contributed by atoms with Crippen molar-refractivity contribution >= 4 is 27.5 Å². The van der Waals surface area contributed by atoms with E-state index in [1.165, 1.54) is 6.07 Å². The molecule has 1 amide bonds. The summed E-state index contributed by atoms with van der Waals surface area (Å²) in [6.07, 6.45) is 0. The van der Waals surface area contributed by atoms with Crippen molar-refractivity contribution in [3.05, 3.63) is 63.4 Å². The molecule has 1 N–H and O–H groups in total. The highest BCUT2D eigenvalue weighted by Crippen LogP contribution is 2.20. The molecule has 144 valence electrons. The monoisotopic (exact) mass is 433 g/mol. The Balaban J connectivity index is 1.47. The smallest absolute Gasteiger partial charge is 0.238 e. The van der Waals surface area contributed by atoms with Crippen molar-refractivity contribution in [1.29, 1.82) is 0 Å². The Morgan fingerprint density at radius 3 is 2.33 bits per heavy atom. The summed E-state index contributed by atoms with van der Waals surface area (Å²) in [4.78, 5) is 16.9. The van der Waals surface area contributed by atoms with Gasteiger partial charge in [0.15, 0.2) is 0 Å². The predicted molar refractivity (Wildman–Crippen MR) is 110 cm³/mol. The Morgan fingerprint density at radius 1 is 1.07 bits per heavy atom. The zero-order valence-corrected chi connectivity index (χ0v) is 17.4. The maximum Gasteiger partial charge on any atom is 0.238 e. The van der Waals surface area contributed by atoms with Gasteiger partial charge in [-0.25, -0.2) is 4.39 Å². The van der Waals surface area contributed by atoms with E-state index < -0.39 is 0 Å². The molecule has 0 aliphatic carbocycles. The number of amides is 1. The van der Waals surface area contributed by atoms with Gasteiger partial charge in [-0.3, -0.25) is 14.6 Å². The molecule has 1 aliphatic heterocycles. The summed E-state index contributed by atoms with van der Waals surface area (Å²) in [5, 5.41) is 3.05. The first-order chi connectivity index (χ1) is 12.9. The van der Waals surface area contributed by atoms with Crippen molar-refractivity contribution in [2.45, 2.75) is 20.4 Å². The molecule has 4 nitrogen and oxygen atoms in total. The van der Waals surface area contributed by atoms with Gasteiger partial charge in [-0.2, -0.15) is 0 Å². The van der Waals surface area contributed by atoms with Crippen molar-refractivity contribution in [1.82, 2.24) is 9.80 Å². The van der Waals surface area contributed by atoms with Crippen molar-refractivity contribution < 1.29 is 9.18 Å². The number of anilines is 1. The minimum absolute atomic E-state index is 0.0308. The van der Waals surface area contributed by atoms with E-state index in [0.29, 0.717) is 11.0 Å². The number of benzene rings is 2. The van der Waals surface area contributed by atoms with Crippen LogP contribution in [0.3, 0.4) is 0 Å². The van der Waals surface area contributed by atoms with E-state index in [2.05, 4.69) is 31.0 Å². The van der Waals surface area contributed by atoms with Crippen molar-refractivity contribution in [2.75, 3.05) is 38.0 Å². The number of hydrogen-bond acceptors (Lipinski definition) is 3. The minimum atomic E-state index is -0.238. The molecule has 0 aromatic heterocycles. The first-order valence-corrected chi connectivity index (χ1v) is 9.96. The molecule has 1 fully saturated rings. The molecule has 2 aromatic rings. The summed E-state index contributed by atoms with van der Waals surface area (Å²) in [6.45, 7) is 8.71. The number of piperazine rings is 1. The normalized spacial score (nSPS) is 15.7.